The maximum Gasteiger partial charge on any atom is 0.137 e. The number of nitrogens with one attached hydrogen (secondary N) is 1. The first-order valence-corrected chi connectivity index (χ1v) is 6.16. The van der Waals surface area contributed by atoms with Crippen LogP contribution in [0.4, 0.5) is 4.39 Å². The Morgan fingerprint density at radius 2 is 2.17 bits per heavy atom. The Kier molecular flexibility index (Phi) is 4.35. The Labute approximate surface area is 113 Å². The SMILES string of the molecule is NNC(Cc1ccc(F)c(Br)c1)c1ccnnc1. The van der Waals surface area contributed by atoms with E-state index in [1.165, 1.54) is 6.07 Å². The third-order valence-corrected chi connectivity index (χ3v) is 3.24. The van der Waals surface area contributed by atoms with Gasteiger partial charge in [0.2, 0.25) is 0 Å². The van der Waals surface area contributed by atoms with Crippen LogP contribution in [0.15, 0.2) is 41.1 Å². The van der Waals surface area contributed by atoms with Crippen LogP contribution < -0.4 is 11.3 Å². The highest BCUT2D eigenvalue weighted by Gasteiger charge is 2.11. The van der Waals surface area contributed by atoms with Crippen LogP contribution in [0.25, 0.3) is 0 Å². The van der Waals surface area contributed by atoms with Gasteiger partial charge in [-0.2, -0.15) is 10.2 Å². The van der Waals surface area contributed by atoms with Crippen LogP contribution in [0.3, 0.4) is 0 Å². The zero-order chi connectivity index (χ0) is 13.0. The molecule has 1 heterocycles. The fourth-order valence-electron chi connectivity index (χ4n) is 1.68. The van der Waals surface area contributed by atoms with E-state index in [2.05, 4.69) is 31.6 Å². The van der Waals surface area contributed by atoms with E-state index >= 15 is 0 Å². The van der Waals surface area contributed by atoms with Gasteiger partial charge in [0.1, 0.15) is 5.82 Å². The standard InChI is InChI=1S/C12H12BrFN4/c13-10-5-8(1-2-11(10)14)6-12(18-15)9-3-4-16-17-7-9/h1-5,7,12,18H,6,15H2. The van der Waals surface area contributed by atoms with Crippen molar-refractivity contribution in [2.24, 2.45) is 5.84 Å². The maximum atomic E-state index is 13.1. The smallest absolute Gasteiger partial charge is 0.137 e. The van der Waals surface area contributed by atoms with Crippen molar-refractivity contribution < 1.29 is 4.39 Å². The van der Waals surface area contributed by atoms with Crippen LogP contribution in [-0.2, 0) is 6.42 Å². The molecule has 6 heteroatoms. The number of rotatable bonds is 4. The number of hydrogen-bond acceptors (Lipinski definition) is 4. The maximum absolute atomic E-state index is 13.1. The van der Waals surface area contributed by atoms with Gasteiger partial charge in [-0.15, -0.1) is 0 Å². The van der Waals surface area contributed by atoms with Gasteiger partial charge in [0, 0.05) is 6.20 Å². The van der Waals surface area contributed by atoms with Crippen molar-refractivity contribution in [1.82, 2.24) is 15.6 Å². The molecule has 0 fully saturated rings. The number of halogens is 2. The molecular formula is C12H12BrFN4. The molecule has 1 atom stereocenters. The summed E-state index contributed by atoms with van der Waals surface area (Å²) in [4.78, 5) is 0. The first kappa shape index (κ1) is 13.1. The quantitative estimate of drug-likeness (QED) is 0.671. The molecule has 0 aliphatic carbocycles. The lowest BCUT2D eigenvalue weighted by Gasteiger charge is -2.15. The largest absolute Gasteiger partial charge is 0.271 e. The van der Waals surface area contributed by atoms with Crippen molar-refractivity contribution in [2.45, 2.75) is 12.5 Å². The summed E-state index contributed by atoms with van der Waals surface area (Å²) in [5.74, 6) is 5.26. The van der Waals surface area contributed by atoms with Gasteiger partial charge in [-0.05, 0) is 51.7 Å². The molecule has 0 saturated carbocycles. The molecule has 0 aliphatic heterocycles. The molecule has 0 saturated heterocycles. The van der Waals surface area contributed by atoms with E-state index in [9.17, 15) is 4.39 Å². The Morgan fingerprint density at radius 1 is 1.33 bits per heavy atom. The number of benzene rings is 1. The molecule has 0 bridgehead atoms. The van der Waals surface area contributed by atoms with Crippen LogP contribution >= 0.6 is 15.9 Å². The van der Waals surface area contributed by atoms with Crippen molar-refractivity contribution >= 4 is 15.9 Å². The highest BCUT2D eigenvalue weighted by molar-refractivity contribution is 9.10. The van der Waals surface area contributed by atoms with Gasteiger partial charge in [-0.25, -0.2) is 4.39 Å². The van der Waals surface area contributed by atoms with Crippen LogP contribution in [-0.4, -0.2) is 10.2 Å². The monoisotopic (exact) mass is 310 g/mol. The van der Waals surface area contributed by atoms with Gasteiger partial charge in [0.15, 0.2) is 0 Å². The van der Waals surface area contributed by atoms with Gasteiger partial charge in [-0.3, -0.25) is 11.3 Å². The fraction of sp³-hybridized carbons (Fsp3) is 0.167. The summed E-state index contributed by atoms with van der Waals surface area (Å²) in [5.41, 5.74) is 4.64. The van der Waals surface area contributed by atoms with E-state index in [1.54, 1.807) is 24.5 Å². The first-order chi connectivity index (χ1) is 8.70. The summed E-state index contributed by atoms with van der Waals surface area (Å²) in [7, 11) is 0. The van der Waals surface area contributed by atoms with Gasteiger partial charge in [0.05, 0.1) is 16.7 Å². The average molecular weight is 311 g/mol. The van der Waals surface area contributed by atoms with Crippen LogP contribution in [0.2, 0.25) is 0 Å². The van der Waals surface area contributed by atoms with Gasteiger partial charge in [-0.1, -0.05) is 6.07 Å². The van der Waals surface area contributed by atoms with Crippen molar-refractivity contribution in [3.63, 3.8) is 0 Å². The minimum absolute atomic E-state index is 0.0853. The minimum atomic E-state index is -0.276. The zero-order valence-electron chi connectivity index (χ0n) is 9.48. The molecule has 94 valence electrons. The molecule has 0 spiro atoms. The summed E-state index contributed by atoms with van der Waals surface area (Å²) in [6.07, 6.45) is 3.91. The predicted molar refractivity (Wildman–Crippen MR) is 69.9 cm³/mol. The summed E-state index contributed by atoms with van der Waals surface area (Å²) >= 11 is 3.17. The summed E-state index contributed by atoms with van der Waals surface area (Å²) in [6.45, 7) is 0. The Balaban J connectivity index is 2.18. The lowest BCUT2D eigenvalue weighted by molar-refractivity contribution is 0.547. The molecule has 1 aromatic heterocycles. The number of aromatic nitrogens is 2. The molecule has 4 nitrogen and oxygen atoms in total. The zero-order valence-corrected chi connectivity index (χ0v) is 11.1. The topological polar surface area (TPSA) is 63.8 Å². The molecule has 18 heavy (non-hydrogen) atoms. The lowest BCUT2D eigenvalue weighted by atomic mass is 10.0. The predicted octanol–water partition coefficient (Wildman–Crippen LogP) is 2.13. The van der Waals surface area contributed by atoms with E-state index < -0.39 is 0 Å². The average Bonchev–Trinajstić information content (AvgIpc) is 2.41. The normalized spacial score (nSPS) is 12.4. The van der Waals surface area contributed by atoms with Gasteiger partial charge < -0.3 is 0 Å². The molecular weight excluding hydrogens is 299 g/mol. The van der Waals surface area contributed by atoms with E-state index in [-0.39, 0.29) is 11.9 Å². The summed E-state index contributed by atoms with van der Waals surface area (Å²) < 4.78 is 13.6. The number of hydrogen-bond donors (Lipinski definition) is 2. The molecule has 1 aromatic carbocycles. The Hall–Kier alpha value is -1.37. The molecule has 0 aliphatic rings. The van der Waals surface area contributed by atoms with E-state index in [0.717, 1.165) is 11.1 Å². The summed E-state index contributed by atoms with van der Waals surface area (Å²) in [5, 5.41) is 7.53. The molecule has 2 aromatic rings. The molecule has 0 amide bonds. The second-order valence-electron chi connectivity index (χ2n) is 3.85. The highest BCUT2D eigenvalue weighted by Crippen LogP contribution is 2.21. The second kappa shape index (κ2) is 5.99. The molecule has 2 rings (SSSR count). The van der Waals surface area contributed by atoms with Crippen LogP contribution in [0.5, 0.6) is 0 Å². The highest BCUT2D eigenvalue weighted by atomic mass is 79.9. The molecule has 0 radical (unpaired) electrons. The van der Waals surface area contributed by atoms with Crippen LogP contribution in [0.1, 0.15) is 17.2 Å². The lowest BCUT2D eigenvalue weighted by Crippen LogP contribution is -2.29. The van der Waals surface area contributed by atoms with Crippen molar-refractivity contribution in [1.29, 1.82) is 0 Å². The minimum Gasteiger partial charge on any atom is -0.271 e. The van der Waals surface area contributed by atoms with Crippen molar-refractivity contribution in [3.8, 4) is 0 Å². The third-order valence-electron chi connectivity index (χ3n) is 2.63. The first-order valence-electron chi connectivity index (χ1n) is 5.37. The van der Waals surface area contributed by atoms with Crippen molar-refractivity contribution in [3.05, 3.63) is 58.1 Å². The fourth-order valence-corrected chi connectivity index (χ4v) is 2.11. The van der Waals surface area contributed by atoms with Gasteiger partial charge in [0.25, 0.3) is 0 Å². The van der Waals surface area contributed by atoms with E-state index in [1.807, 2.05) is 6.07 Å². The Morgan fingerprint density at radius 3 is 2.78 bits per heavy atom. The van der Waals surface area contributed by atoms with Crippen molar-refractivity contribution in [2.75, 3.05) is 0 Å². The summed E-state index contributed by atoms with van der Waals surface area (Å²) in [6, 6.07) is 6.67. The van der Waals surface area contributed by atoms with Gasteiger partial charge >= 0.3 is 0 Å². The number of nitrogens with zero attached hydrogens (tertiary/aromatic N) is 2. The van der Waals surface area contributed by atoms with E-state index in [4.69, 9.17) is 5.84 Å². The van der Waals surface area contributed by atoms with Crippen LogP contribution in [0, 0.1) is 5.82 Å². The third kappa shape index (κ3) is 3.10. The second-order valence-corrected chi connectivity index (χ2v) is 4.70. The number of nitrogens with two attached hydrogens (primary N) is 1. The molecule has 1 unspecified atom stereocenters. The number of hydrazine groups is 1. The Bertz CT molecular complexity index is 521. The molecule has 3 N–H and O–H groups in total. The van der Waals surface area contributed by atoms with E-state index in [0.29, 0.717) is 10.9 Å².